The van der Waals surface area contributed by atoms with E-state index in [0.717, 1.165) is 5.56 Å². The maximum absolute atomic E-state index is 13.0. The molecule has 0 radical (unpaired) electrons. The minimum Gasteiger partial charge on any atom is -0.322 e. The summed E-state index contributed by atoms with van der Waals surface area (Å²) in [6.07, 6.45) is 0. The van der Waals surface area contributed by atoms with Gasteiger partial charge in [0.2, 0.25) is 0 Å². The van der Waals surface area contributed by atoms with E-state index in [-0.39, 0.29) is 16.5 Å². The van der Waals surface area contributed by atoms with E-state index in [1.165, 1.54) is 28.9 Å². The number of carbonyl (C=O) groups is 1. The van der Waals surface area contributed by atoms with Crippen molar-refractivity contribution in [3.05, 3.63) is 81.3 Å². The quantitative estimate of drug-likeness (QED) is 0.699. The van der Waals surface area contributed by atoms with Crippen molar-refractivity contribution in [2.75, 3.05) is 5.32 Å². The molecule has 1 N–H and O–H groups in total. The Hall–Kier alpha value is -2.37. The number of nitrogens with zero attached hydrogens (tertiary/aromatic N) is 2. The normalized spacial score (nSPS) is 10.7. The van der Waals surface area contributed by atoms with E-state index in [2.05, 4.69) is 10.4 Å². The van der Waals surface area contributed by atoms with Gasteiger partial charge in [-0.15, -0.1) is 0 Å². The Morgan fingerprint density at radius 2 is 1.84 bits per heavy atom. The van der Waals surface area contributed by atoms with Gasteiger partial charge in [-0.3, -0.25) is 4.79 Å². The molecular weight excluding hydrogens is 364 g/mol. The van der Waals surface area contributed by atoms with Crippen LogP contribution in [0, 0.1) is 12.7 Å². The fourth-order valence-corrected chi connectivity index (χ4v) is 2.95. The number of anilines is 1. The zero-order valence-corrected chi connectivity index (χ0v) is 14.8. The number of rotatable bonds is 4. The molecule has 0 fully saturated rings. The number of hydrogen-bond donors (Lipinski definition) is 1. The molecule has 0 aliphatic carbocycles. The smallest absolute Gasteiger partial charge is 0.260 e. The maximum atomic E-state index is 13.0. The molecule has 1 heterocycles. The van der Waals surface area contributed by atoms with Crippen molar-refractivity contribution in [3.8, 4) is 0 Å². The Kier molecular flexibility index (Phi) is 5.06. The molecular formula is C18H14Cl2FN3O. The second-order valence-corrected chi connectivity index (χ2v) is 6.23. The predicted octanol–water partition coefficient (Wildman–Crippen LogP) is 4.94. The summed E-state index contributed by atoms with van der Waals surface area (Å²) in [6.45, 7) is 2.05. The van der Waals surface area contributed by atoms with Crippen molar-refractivity contribution in [1.82, 2.24) is 9.78 Å². The molecule has 4 nitrogen and oxygen atoms in total. The summed E-state index contributed by atoms with van der Waals surface area (Å²) in [5.41, 5.74) is 2.09. The molecule has 0 aliphatic rings. The average Bonchev–Trinajstić information content (AvgIpc) is 2.86. The van der Waals surface area contributed by atoms with Crippen LogP contribution in [0.5, 0.6) is 0 Å². The van der Waals surface area contributed by atoms with Gasteiger partial charge in [-0.2, -0.15) is 5.10 Å². The van der Waals surface area contributed by atoms with Gasteiger partial charge in [0.05, 0.1) is 17.8 Å². The van der Waals surface area contributed by atoms with Crippen molar-refractivity contribution in [2.45, 2.75) is 13.5 Å². The van der Waals surface area contributed by atoms with Gasteiger partial charge in [-0.05, 0) is 42.8 Å². The topological polar surface area (TPSA) is 46.9 Å². The lowest BCUT2D eigenvalue weighted by Crippen LogP contribution is -2.13. The van der Waals surface area contributed by atoms with Gasteiger partial charge in [0, 0.05) is 10.7 Å². The highest BCUT2D eigenvalue weighted by Crippen LogP contribution is 2.24. The minimum absolute atomic E-state index is 0.219. The van der Waals surface area contributed by atoms with E-state index in [1.54, 1.807) is 13.0 Å². The number of hydrogen-bond acceptors (Lipinski definition) is 2. The molecule has 0 saturated heterocycles. The van der Waals surface area contributed by atoms with Gasteiger partial charge in [0.25, 0.3) is 5.91 Å². The van der Waals surface area contributed by atoms with Crippen LogP contribution in [-0.4, -0.2) is 15.7 Å². The highest BCUT2D eigenvalue weighted by atomic mass is 35.5. The number of amides is 1. The summed E-state index contributed by atoms with van der Waals surface area (Å²) in [4.78, 5) is 12.5. The number of halogens is 3. The highest BCUT2D eigenvalue weighted by molar-refractivity contribution is 6.34. The molecule has 2 aromatic carbocycles. The van der Waals surface area contributed by atoms with Gasteiger partial charge in [0.15, 0.2) is 0 Å². The first-order valence-electron chi connectivity index (χ1n) is 7.49. The molecule has 3 rings (SSSR count). The van der Waals surface area contributed by atoms with Crippen LogP contribution in [0.1, 0.15) is 21.6 Å². The van der Waals surface area contributed by atoms with Crippen LogP contribution in [0.25, 0.3) is 0 Å². The van der Waals surface area contributed by atoms with E-state index in [9.17, 15) is 9.18 Å². The Labute approximate surface area is 154 Å². The molecule has 25 heavy (non-hydrogen) atoms. The summed E-state index contributed by atoms with van der Waals surface area (Å²) >= 11 is 12.5. The van der Waals surface area contributed by atoms with E-state index in [0.29, 0.717) is 22.9 Å². The number of aromatic nitrogens is 2. The Morgan fingerprint density at radius 3 is 2.52 bits per heavy atom. The summed E-state index contributed by atoms with van der Waals surface area (Å²) in [6, 6.07) is 12.8. The number of aryl methyl sites for hydroxylation is 1. The van der Waals surface area contributed by atoms with Gasteiger partial charge in [0.1, 0.15) is 11.0 Å². The fourth-order valence-electron chi connectivity index (χ4n) is 2.43. The van der Waals surface area contributed by atoms with Gasteiger partial charge in [-0.25, -0.2) is 9.07 Å². The van der Waals surface area contributed by atoms with E-state index >= 15 is 0 Å². The van der Waals surface area contributed by atoms with Crippen molar-refractivity contribution in [2.24, 2.45) is 0 Å². The Balaban J connectivity index is 1.85. The summed E-state index contributed by atoms with van der Waals surface area (Å²) in [5, 5.41) is 7.84. The largest absolute Gasteiger partial charge is 0.322 e. The van der Waals surface area contributed by atoms with E-state index in [4.69, 9.17) is 23.2 Å². The molecule has 7 heteroatoms. The van der Waals surface area contributed by atoms with Crippen LogP contribution < -0.4 is 5.32 Å². The Bertz CT molecular complexity index is 923. The maximum Gasteiger partial charge on any atom is 0.260 e. The lowest BCUT2D eigenvalue weighted by Gasteiger charge is -2.07. The summed E-state index contributed by atoms with van der Waals surface area (Å²) in [5.74, 6) is -0.778. The van der Waals surface area contributed by atoms with E-state index < -0.39 is 5.91 Å². The number of carbonyl (C=O) groups excluding carboxylic acids is 1. The first kappa shape index (κ1) is 17.5. The second kappa shape index (κ2) is 7.25. The van der Waals surface area contributed by atoms with Crippen LogP contribution in [0.3, 0.4) is 0 Å². The molecule has 0 saturated carbocycles. The molecule has 0 atom stereocenters. The molecule has 1 amide bonds. The van der Waals surface area contributed by atoms with Gasteiger partial charge in [-0.1, -0.05) is 41.4 Å². The third-order valence-corrected chi connectivity index (χ3v) is 4.43. The molecule has 3 aromatic rings. The van der Waals surface area contributed by atoms with Crippen molar-refractivity contribution >= 4 is 34.8 Å². The van der Waals surface area contributed by atoms with Gasteiger partial charge < -0.3 is 5.32 Å². The molecule has 0 bridgehead atoms. The molecule has 0 aliphatic heterocycles. The molecule has 0 unspecified atom stereocenters. The van der Waals surface area contributed by atoms with Crippen LogP contribution >= 0.6 is 23.2 Å². The van der Waals surface area contributed by atoms with Crippen molar-refractivity contribution in [3.63, 3.8) is 0 Å². The zero-order chi connectivity index (χ0) is 18.0. The van der Waals surface area contributed by atoms with Crippen LogP contribution in [0.15, 0.2) is 48.5 Å². The molecule has 0 spiro atoms. The average molecular weight is 378 g/mol. The standard InChI is InChI=1S/C18H14Cl2FN3O/c1-11-16(18(25)22-14-8-6-13(21)7-9-14)17(20)24(23-11)10-12-4-2-3-5-15(12)19/h2-9H,10H2,1H3,(H,22,25). The minimum atomic E-state index is -0.403. The van der Waals surface area contributed by atoms with Crippen molar-refractivity contribution in [1.29, 1.82) is 0 Å². The zero-order valence-electron chi connectivity index (χ0n) is 13.3. The number of benzene rings is 2. The first-order valence-corrected chi connectivity index (χ1v) is 8.24. The third-order valence-electron chi connectivity index (χ3n) is 3.67. The van der Waals surface area contributed by atoms with E-state index in [1.807, 2.05) is 18.2 Å². The fraction of sp³-hybridized carbons (Fsp3) is 0.111. The lowest BCUT2D eigenvalue weighted by atomic mass is 10.2. The number of nitrogens with one attached hydrogen (secondary N) is 1. The highest BCUT2D eigenvalue weighted by Gasteiger charge is 2.21. The monoisotopic (exact) mass is 377 g/mol. The van der Waals surface area contributed by atoms with Gasteiger partial charge >= 0.3 is 0 Å². The summed E-state index contributed by atoms with van der Waals surface area (Å²) < 4.78 is 14.5. The van der Waals surface area contributed by atoms with Crippen LogP contribution in [0.2, 0.25) is 10.2 Å². The van der Waals surface area contributed by atoms with Crippen molar-refractivity contribution < 1.29 is 9.18 Å². The second-order valence-electron chi connectivity index (χ2n) is 5.46. The summed E-state index contributed by atoms with van der Waals surface area (Å²) in [7, 11) is 0. The SMILES string of the molecule is Cc1nn(Cc2ccccc2Cl)c(Cl)c1C(=O)Nc1ccc(F)cc1. The molecule has 1 aromatic heterocycles. The lowest BCUT2D eigenvalue weighted by molar-refractivity contribution is 0.102. The molecule has 128 valence electrons. The van der Waals surface area contributed by atoms with Crippen LogP contribution in [-0.2, 0) is 6.54 Å². The third kappa shape index (κ3) is 3.83. The Morgan fingerprint density at radius 1 is 1.16 bits per heavy atom. The first-order chi connectivity index (χ1) is 12.0. The predicted molar refractivity (Wildman–Crippen MR) is 96.9 cm³/mol. The van der Waals surface area contributed by atoms with Crippen LogP contribution in [0.4, 0.5) is 10.1 Å².